The van der Waals surface area contributed by atoms with Gasteiger partial charge < -0.3 is 24.9 Å². The minimum Gasteiger partial charge on any atom is -0.400 e. The number of thiol groups is 1. The molecule has 0 radical (unpaired) electrons. The van der Waals surface area contributed by atoms with Crippen molar-refractivity contribution in [1.29, 1.82) is 0 Å². The molecule has 8 nitrogen and oxygen atoms in total. The zero-order chi connectivity index (χ0) is 35.0. The monoisotopic (exact) mass is 666 g/mol. The van der Waals surface area contributed by atoms with Gasteiger partial charge in [0.15, 0.2) is 0 Å². The fourth-order valence-electron chi connectivity index (χ4n) is 5.02. The summed E-state index contributed by atoms with van der Waals surface area (Å²) in [5.74, 6) is -0.0345. The molecule has 252 valence electrons. The molecule has 0 aliphatic heterocycles. The van der Waals surface area contributed by atoms with Gasteiger partial charge in [0.05, 0.1) is 22.8 Å². The number of alkyl halides is 3. The number of aromatic nitrogens is 2. The molecule has 13 heteroatoms. The van der Waals surface area contributed by atoms with Gasteiger partial charge in [0.2, 0.25) is 5.91 Å². The van der Waals surface area contributed by atoms with Gasteiger partial charge in [-0.15, -0.1) is 0 Å². The van der Waals surface area contributed by atoms with Gasteiger partial charge in [-0.05, 0) is 80.1 Å². The molecular weight excluding hydrogens is 624 g/mol. The molecule has 5 rings (SSSR count). The molecule has 0 saturated heterocycles. The molecular formula is C33H42F4N4O4S. The van der Waals surface area contributed by atoms with Gasteiger partial charge in [-0.25, -0.2) is 9.37 Å². The van der Waals surface area contributed by atoms with Crippen LogP contribution >= 0.6 is 12.8 Å². The van der Waals surface area contributed by atoms with Gasteiger partial charge in [0.1, 0.15) is 18.4 Å². The van der Waals surface area contributed by atoms with Crippen molar-refractivity contribution < 1.29 is 37.4 Å². The Morgan fingerprint density at radius 1 is 1.00 bits per heavy atom. The van der Waals surface area contributed by atoms with Gasteiger partial charge in [-0.3, -0.25) is 9.52 Å². The highest BCUT2D eigenvalue weighted by molar-refractivity contribution is 7.78. The van der Waals surface area contributed by atoms with Crippen LogP contribution in [0.2, 0.25) is 0 Å². The van der Waals surface area contributed by atoms with E-state index in [0.29, 0.717) is 19.3 Å². The second-order valence-corrected chi connectivity index (χ2v) is 10.7. The number of amides is 1. The third-order valence-corrected chi connectivity index (χ3v) is 7.00. The maximum atomic E-state index is 14.0. The summed E-state index contributed by atoms with van der Waals surface area (Å²) in [4.78, 5) is 25.4. The summed E-state index contributed by atoms with van der Waals surface area (Å²) in [5, 5.41) is 20.2. The Balaban J connectivity index is 0.000000772. The number of aliphatic hydroxyl groups is 2. The number of rotatable bonds is 4. The first-order chi connectivity index (χ1) is 21.8. The number of para-hydroxylation sites is 1. The molecule has 46 heavy (non-hydrogen) atoms. The van der Waals surface area contributed by atoms with E-state index in [0.717, 1.165) is 40.7 Å². The average molecular weight is 667 g/mol. The number of aryl methyl sites for hydroxylation is 2. The number of hydrogen-bond donors (Lipinski definition) is 5. The van der Waals surface area contributed by atoms with Crippen LogP contribution in [-0.2, 0) is 16.6 Å². The Hall–Kier alpha value is -3.78. The number of carbonyl (C=O) groups excluding carboxylic acids is 2. The van der Waals surface area contributed by atoms with Crippen LogP contribution in [0, 0.1) is 18.7 Å². The minimum atomic E-state index is -4.00. The predicted molar refractivity (Wildman–Crippen MR) is 177 cm³/mol. The van der Waals surface area contributed by atoms with Crippen LogP contribution in [0.15, 0.2) is 66.7 Å². The van der Waals surface area contributed by atoms with E-state index in [2.05, 4.69) is 74.9 Å². The molecule has 1 fully saturated rings. The number of hydrogen-bond acceptors (Lipinski definition) is 7. The highest BCUT2D eigenvalue weighted by Crippen LogP contribution is 2.38. The van der Waals surface area contributed by atoms with Crippen molar-refractivity contribution in [2.75, 3.05) is 19.5 Å². The number of aliphatic hydroxyl groups excluding tert-OH is 2. The van der Waals surface area contributed by atoms with Crippen LogP contribution in [0.3, 0.4) is 0 Å². The van der Waals surface area contributed by atoms with E-state index in [9.17, 15) is 27.5 Å². The van der Waals surface area contributed by atoms with Crippen molar-refractivity contribution in [3.8, 4) is 11.1 Å². The Morgan fingerprint density at radius 3 is 2.11 bits per heavy atom. The van der Waals surface area contributed by atoms with Gasteiger partial charge in [-0.2, -0.15) is 13.2 Å². The average Bonchev–Trinajstić information content (AvgIpc) is 3.31. The fourth-order valence-corrected chi connectivity index (χ4v) is 5.02. The zero-order valence-electron chi connectivity index (χ0n) is 26.5. The molecule has 3 unspecified atom stereocenters. The lowest BCUT2D eigenvalue weighted by molar-refractivity contribution is -0.122. The molecule has 4 aromatic rings. The molecule has 1 aliphatic rings. The first-order valence-corrected chi connectivity index (χ1v) is 14.6. The van der Waals surface area contributed by atoms with Crippen LogP contribution in [0.25, 0.3) is 22.2 Å². The molecule has 1 aromatic heterocycles. The Kier molecular flexibility index (Phi) is 17.2. The number of benzene rings is 3. The van der Waals surface area contributed by atoms with E-state index in [-0.39, 0.29) is 30.4 Å². The highest BCUT2D eigenvalue weighted by atomic mass is 32.1. The zero-order valence-corrected chi connectivity index (χ0v) is 27.4. The normalized spacial score (nSPS) is 17.0. The number of fused-ring (bicyclic) bond motifs is 1. The number of nitrogens with zero attached hydrogens (tertiary/aromatic N) is 2. The lowest BCUT2D eigenvalue weighted by Crippen LogP contribution is -2.33. The number of nitrogens with one attached hydrogen (secondary N) is 2. The van der Waals surface area contributed by atoms with E-state index < -0.39 is 18.1 Å². The molecule has 0 bridgehead atoms. The second kappa shape index (κ2) is 19.7. The van der Waals surface area contributed by atoms with E-state index >= 15 is 0 Å². The fraction of sp³-hybridized carbons (Fsp3) is 0.364. The van der Waals surface area contributed by atoms with Crippen molar-refractivity contribution in [3.63, 3.8) is 0 Å². The highest BCUT2D eigenvalue weighted by Gasteiger charge is 2.33. The second-order valence-electron chi connectivity index (χ2n) is 10.3. The van der Waals surface area contributed by atoms with Crippen molar-refractivity contribution in [2.45, 2.75) is 51.3 Å². The van der Waals surface area contributed by atoms with Crippen molar-refractivity contribution >= 4 is 42.2 Å². The molecule has 1 saturated carbocycles. The number of carbonyl (C=O) groups is 2. The summed E-state index contributed by atoms with van der Waals surface area (Å²) in [7, 11) is 4.75. The molecule has 0 spiro atoms. The van der Waals surface area contributed by atoms with Gasteiger partial charge >= 0.3 is 6.18 Å². The summed E-state index contributed by atoms with van der Waals surface area (Å²) in [6.07, 6.45) is -2.94. The first kappa shape index (κ1) is 40.2. The third kappa shape index (κ3) is 12.5. The van der Waals surface area contributed by atoms with Crippen LogP contribution in [0.5, 0.6) is 0 Å². The topological polar surface area (TPSA) is 116 Å². The van der Waals surface area contributed by atoms with Gasteiger partial charge in [0, 0.05) is 27.0 Å². The van der Waals surface area contributed by atoms with Crippen molar-refractivity contribution in [2.24, 2.45) is 13.0 Å². The summed E-state index contributed by atoms with van der Waals surface area (Å²) >= 11 is 3.54. The van der Waals surface area contributed by atoms with Gasteiger partial charge in [-0.1, -0.05) is 55.3 Å². The molecule has 1 amide bonds. The summed E-state index contributed by atoms with van der Waals surface area (Å²) in [5.41, 5.74) is 5.55. The van der Waals surface area contributed by atoms with Crippen molar-refractivity contribution in [3.05, 3.63) is 83.9 Å². The number of halogens is 4. The molecule has 3 atom stereocenters. The molecule has 4 N–H and O–H groups in total. The minimum absolute atomic E-state index is 0.0649. The number of imidazole rings is 1. The SMILES string of the molecule is C=O.CC(F)(F)F.CNS.CO.Cc1nc2cc(-c3ccc(C4CC(O)CC(C(=O)Nc5ccccc5F)C4)cc3)ccc2n1C. The van der Waals surface area contributed by atoms with Crippen molar-refractivity contribution in [1.82, 2.24) is 14.3 Å². The summed E-state index contributed by atoms with van der Waals surface area (Å²) in [6, 6.07) is 20.8. The Labute approximate surface area is 272 Å². The van der Waals surface area contributed by atoms with Crippen LogP contribution in [0.1, 0.15) is 43.5 Å². The van der Waals surface area contributed by atoms with Crippen LogP contribution in [0.4, 0.5) is 23.2 Å². The smallest absolute Gasteiger partial charge is 0.386 e. The molecule has 3 aromatic carbocycles. The Bertz CT molecular complexity index is 1490. The first-order valence-electron chi connectivity index (χ1n) is 14.2. The third-order valence-electron chi connectivity index (χ3n) is 7.00. The number of anilines is 1. The standard InChI is InChI=1S/C28H28FN3O2.C2H3F3.CH5NS.CH4O.CH2O/c1-17-30-26-16-20(11-12-27(26)32(17)2)18-7-9-19(10-8-18)21-13-22(15-23(33)14-21)28(34)31-25-6-4-3-5-24(25)29;1-2(3,4)5;1-2-3;2*1-2/h3-12,16,21-23,33H,13-15H2,1-2H3,(H,31,34);1H3;2-3H,1H3;2H,1H3;1H2. The van der Waals surface area contributed by atoms with Crippen LogP contribution < -0.4 is 10.0 Å². The maximum absolute atomic E-state index is 14.0. The summed E-state index contributed by atoms with van der Waals surface area (Å²) < 4.78 is 49.5. The van der Waals surface area contributed by atoms with Gasteiger partial charge in [0.25, 0.3) is 0 Å². The predicted octanol–water partition coefficient (Wildman–Crippen LogP) is 6.61. The molecule has 1 heterocycles. The maximum Gasteiger partial charge on any atom is 0.386 e. The molecule has 1 aliphatic carbocycles. The van der Waals surface area contributed by atoms with E-state index in [1.165, 1.54) is 6.07 Å². The lowest BCUT2D eigenvalue weighted by atomic mass is 9.76. The Morgan fingerprint density at radius 2 is 1.54 bits per heavy atom. The van der Waals surface area contributed by atoms with E-state index in [4.69, 9.17) is 9.90 Å². The lowest BCUT2D eigenvalue weighted by Gasteiger charge is -2.32. The van der Waals surface area contributed by atoms with E-state index in [1.54, 1.807) is 25.2 Å². The largest absolute Gasteiger partial charge is 0.400 e. The summed E-state index contributed by atoms with van der Waals surface area (Å²) in [6.45, 7) is 4.18. The van der Waals surface area contributed by atoms with E-state index in [1.807, 2.05) is 20.8 Å². The quantitative estimate of drug-likeness (QED) is 0.124. The van der Waals surface area contributed by atoms with Crippen LogP contribution in [-0.4, -0.2) is 58.9 Å².